The highest BCUT2D eigenvalue weighted by Crippen LogP contribution is 2.42. The first kappa shape index (κ1) is 17.8. The normalized spacial score (nSPS) is 31.2. The largest absolute Gasteiger partial charge is 0.379 e. The van der Waals surface area contributed by atoms with Gasteiger partial charge >= 0.3 is 11.8 Å². The molecule has 1 N–H and O–H groups in total. The van der Waals surface area contributed by atoms with E-state index in [0.717, 1.165) is 4.90 Å². The Balaban J connectivity index is 2.01. The molecule has 4 atom stereocenters. The summed E-state index contributed by atoms with van der Waals surface area (Å²) in [6.45, 7) is 0.0893. The topological polar surface area (TPSA) is 41.9 Å². The fourth-order valence-corrected chi connectivity index (χ4v) is 2.56. The minimum Gasteiger partial charge on any atom is -0.379 e. The van der Waals surface area contributed by atoms with Gasteiger partial charge < -0.3 is 14.6 Å². The van der Waals surface area contributed by atoms with Crippen molar-refractivity contribution >= 4 is 0 Å². The molecule has 4 nitrogen and oxygen atoms in total. The zero-order chi connectivity index (χ0) is 16.5. The van der Waals surface area contributed by atoms with Crippen LogP contribution in [0.25, 0.3) is 0 Å². The van der Waals surface area contributed by atoms with E-state index in [9.17, 15) is 26.3 Å². The number of aliphatic hydroxyl groups excluding tert-OH is 1. The SMILES string of the molecule is OC(F)C(F)(F)C1CCC(C(F)(F)C(F)N2CCOCC2)O1. The van der Waals surface area contributed by atoms with Gasteiger partial charge in [0.2, 0.25) is 6.30 Å². The smallest absolute Gasteiger partial charge is 0.328 e. The minimum atomic E-state index is -4.31. The second kappa shape index (κ2) is 6.50. The molecule has 0 saturated carbocycles. The Bertz CT molecular complexity index is 378. The second-order valence-corrected chi connectivity index (χ2v) is 5.36. The van der Waals surface area contributed by atoms with Crippen LogP contribution in [-0.2, 0) is 9.47 Å². The molecule has 130 valence electrons. The van der Waals surface area contributed by atoms with E-state index < -0.39 is 49.5 Å². The summed E-state index contributed by atoms with van der Waals surface area (Å²) >= 11 is 0. The summed E-state index contributed by atoms with van der Waals surface area (Å²) in [4.78, 5) is 0.850. The number of hydrogen-bond donors (Lipinski definition) is 1. The van der Waals surface area contributed by atoms with E-state index in [1.165, 1.54) is 0 Å². The van der Waals surface area contributed by atoms with Crippen molar-refractivity contribution in [3.05, 3.63) is 0 Å². The van der Waals surface area contributed by atoms with Gasteiger partial charge in [-0.05, 0) is 12.8 Å². The molecule has 0 spiro atoms. The Morgan fingerprint density at radius 2 is 1.45 bits per heavy atom. The van der Waals surface area contributed by atoms with Crippen molar-refractivity contribution in [2.45, 2.75) is 49.5 Å². The predicted octanol–water partition coefficient (Wildman–Crippen LogP) is 1.72. The maximum Gasteiger partial charge on any atom is 0.328 e. The zero-order valence-electron chi connectivity index (χ0n) is 11.5. The van der Waals surface area contributed by atoms with Crippen LogP contribution in [0.1, 0.15) is 12.8 Å². The number of morpholine rings is 1. The maximum atomic E-state index is 14.1. The molecule has 10 heteroatoms. The summed E-state index contributed by atoms with van der Waals surface area (Å²) in [7, 11) is 0. The molecule has 0 bridgehead atoms. The van der Waals surface area contributed by atoms with Gasteiger partial charge in [-0.25, -0.2) is 8.78 Å². The lowest BCUT2D eigenvalue weighted by molar-refractivity contribution is -0.258. The highest BCUT2D eigenvalue weighted by molar-refractivity contribution is 4.94. The number of alkyl halides is 6. The third kappa shape index (κ3) is 3.34. The van der Waals surface area contributed by atoms with Crippen LogP contribution in [-0.4, -0.2) is 73.0 Å². The number of nitrogens with zero attached hydrogens (tertiary/aromatic N) is 1. The van der Waals surface area contributed by atoms with Crippen molar-refractivity contribution in [2.24, 2.45) is 0 Å². The molecule has 22 heavy (non-hydrogen) atoms. The highest BCUT2D eigenvalue weighted by Gasteiger charge is 2.59. The maximum absolute atomic E-state index is 14.1. The quantitative estimate of drug-likeness (QED) is 0.613. The first-order chi connectivity index (χ1) is 10.2. The fraction of sp³-hybridized carbons (Fsp3) is 1.00. The lowest BCUT2D eigenvalue weighted by atomic mass is 10.1. The van der Waals surface area contributed by atoms with E-state index in [-0.39, 0.29) is 26.3 Å². The number of rotatable bonds is 5. The fourth-order valence-electron chi connectivity index (χ4n) is 2.56. The molecule has 0 aromatic rings. The van der Waals surface area contributed by atoms with Crippen molar-refractivity contribution in [2.75, 3.05) is 26.3 Å². The molecule has 2 saturated heterocycles. The molecule has 2 aliphatic rings. The van der Waals surface area contributed by atoms with Crippen LogP contribution >= 0.6 is 0 Å². The second-order valence-electron chi connectivity index (χ2n) is 5.36. The van der Waals surface area contributed by atoms with Gasteiger partial charge in [-0.2, -0.15) is 17.6 Å². The average molecular weight is 337 g/mol. The van der Waals surface area contributed by atoms with Crippen molar-refractivity contribution in [1.82, 2.24) is 4.90 Å². The number of ether oxygens (including phenoxy) is 2. The molecule has 0 radical (unpaired) electrons. The average Bonchev–Trinajstić information content (AvgIpc) is 2.98. The van der Waals surface area contributed by atoms with Crippen molar-refractivity contribution in [3.8, 4) is 0 Å². The van der Waals surface area contributed by atoms with E-state index in [2.05, 4.69) is 4.74 Å². The number of halogens is 6. The Hall–Kier alpha value is -0.580. The van der Waals surface area contributed by atoms with Crippen LogP contribution < -0.4 is 0 Å². The molecular formula is C12H17F6NO3. The Kier molecular flexibility index (Phi) is 5.25. The summed E-state index contributed by atoms with van der Waals surface area (Å²) in [5.74, 6) is -8.33. The monoisotopic (exact) mass is 337 g/mol. The lowest BCUT2D eigenvalue weighted by Gasteiger charge is -2.36. The Labute approximate surface area is 123 Å². The van der Waals surface area contributed by atoms with E-state index in [4.69, 9.17) is 9.84 Å². The zero-order valence-corrected chi connectivity index (χ0v) is 11.5. The van der Waals surface area contributed by atoms with Crippen LogP contribution in [0, 0.1) is 0 Å². The summed E-state index contributed by atoms with van der Waals surface area (Å²) in [6.07, 6.45) is -11.7. The molecule has 0 amide bonds. The van der Waals surface area contributed by atoms with E-state index in [0.29, 0.717) is 0 Å². The molecule has 2 fully saturated rings. The molecule has 2 aliphatic heterocycles. The first-order valence-corrected chi connectivity index (χ1v) is 6.86. The van der Waals surface area contributed by atoms with Crippen molar-refractivity contribution in [3.63, 3.8) is 0 Å². The van der Waals surface area contributed by atoms with Gasteiger partial charge in [0, 0.05) is 13.1 Å². The van der Waals surface area contributed by atoms with Gasteiger partial charge in [0.15, 0.2) is 0 Å². The first-order valence-electron chi connectivity index (χ1n) is 6.86. The van der Waals surface area contributed by atoms with Crippen LogP contribution in [0.2, 0.25) is 0 Å². The number of hydrogen-bond acceptors (Lipinski definition) is 4. The summed E-state index contributed by atoms with van der Waals surface area (Å²) in [5.41, 5.74) is 0. The molecule has 4 unspecified atom stereocenters. The van der Waals surface area contributed by atoms with Crippen LogP contribution in [0.15, 0.2) is 0 Å². The molecular weight excluding hydrogens is 320 g/mol. The van der Waals surface area contributed by atoms with Gasteiger partial charge in [-0.3, -0.25) is 4.90 Å². The molecule has 2 rings (SSSR count). The summed E-state index contributed by atoms with van der Waals surface area (Å²) in [5, 5.41) is 8.36. The highest BCUT2D eigenvalue weighted by atomic mass is 19.3. The van der Waals surface area contributed by atoms with E-state index in [1.807, 2.05) is 0 Å². The van der Waals surface area contributed by atoms with E-state index in [1.54, 1.807) is 0 Å². The molecule has 0 aromatic heterocycles. The minimum absolute atomic E-state index is 0.0493. The summed E-state index contributed by atoms with van der Waals surface area (Å²) in [6, 6.07) is 0. The van der Waals surface area contributed by atoms with Gasteiger partial charge in [-0.15, -0.1) is 0 Å². The van der Waals surface area contributed by atoms with Gasteiger partial charge in [-0.1, -0.05) is 0 Å². The standard InChI is InChI=1S/C12H17F6NO3/c13-9(19-3-5-21-6-4-19)11(15,16)7-1-2-8(22-7)12(17,18)10(14)20/h7-10,20H,1-6H2. The van der Waals surface area contributed by atoms with Gasteiger partial charge in [0.25, 0.3) is 6.36 Å². The molecule has 2 heterocycles. The van der Waals surface area contributed by atoms with Gasteiger partial charge in [0.1, 0.15) is 12.2 Å². The van der Waals surface area contributed by atoms with Gasteiger partial charge in [0.05, 0.1) is 13.2 Å². The van der Waals surface area contributed by atoms with Crippen LogP contribution in [0.3, 0.4) is 0 Å². The summed E-state index contributed by atoms with van der Waals surface area (Å²) < 4.78 is 90.5. The third-order valence-corrected chi connectivity index (χ3v) is 3.88. The third-order valence-electron chi connectivity index (χ3n) is 3.88. The number of aliphatic hydroxyl groups is 1. The lowest BCUT2D eigenvalue weighted by Crippen LogP contribution is -2.55. The predicted molar refractivity (Wildman–Crippen MR) is 62.2 cm³/mol. The van der Waals surface area contributed by atoms with Crippen molar-refractivity contribution in [1.29, 1.82) is 0 Å². The van der Waals surface area contributed by atoms with E-state index >= 15 is 0 Å². The molecule has 0 aromatic carbocycles. The Morgan fingerprint density at radius 3 is 1.95 bits per heavy atom. The molecule has 0 aliphatic carbocycles. The van der Waals surface area contributed by atoms with Crippen LogP contribution in [0.4, 0.5) is 26.3 Å². The van der Waals surface area contributed by atoms with Crippen LogP contribution in [0.5, 0.6) is 0 Å². The Morgan fingerprint density at radius 1 is 0.955 bits per heavy atom. The van der Waals surface area contributed by atoms with Crippen molar-refractivity contribution < 1.29 is 40.9 Å².